The molecule has 1 aromatic heterocycles. The quantitative estimate of drug-likeness (QED) is 0.508. The Balaban J connectivity index is 1.74. The second kappa shape index (κ2) is 9.65. The molecule has 0 bridgehead atoms. The first-order chi connectivity index (χ1) is 14.8. The molecule has 2 amide bonds. The number of nitrogens with zero attached hydrogens (tertiary/aromatic N) is 2. The smallest absolute Gasteiger partial charge is 0.255 e. The summed E-state index contributed by atoms with van der Waals surface area (Å²) in [5.41, 5.74) is 8.73. The van der Waals surface area contributed by atoms with E-state index < -0.39 is 5.91 Å². The molecule has 1 heterocycles. The molecule has 3 aromatic rings. The molecule has 0 aliphatic rings. The van der Waals surface area contributed by atoms with Crippen molar-refractivity contribution in [1.82, 2.24) is 15.1 Å². The standard InChI is InChI=1S/C22H23BrN4O4/c1-13-21(14(2)27(26-13)17-7-5-16(23)6-8-17)22(29)25-11-15-4-9-18(19(10-15)30-3)31-12-20(24)28/h4-10H,11-12H2,1-3H3,(H2,24,28)(H,25,29). The second-order valence-electron chi connectivity index (χ2n) is 6.86. The van der Waals surface area contributed by atoms with Crippen molar-refractivity contribution in [3.63, 3.8) is 0 Å². The van der Waals surface area contributed by atoms with Crippen LogP contribution in [0.25, 0.3) is 5.69 Å². The minimum Gasteiger partial charge on any atom is -0.493 e. The molecule has 2 aromatic carbocycles. The molecule has 0 radical (unpaired) electrons. The van der Waals surface area contributed by atoms with E-state index in [0.717, 1.165) is 21.4 Å². The van der Waals surface area contributed by atoms with Crippen LogP contribution in [-0.4, -0.2) is 35.3 Å². The third kappa shape index (κ3) is 5.24. The molecule has 0 fully saturated rings. The molecule has 0 spiro atoms. The summed E-state index contributed by atoms with van der Waals surface area (Å²) in [5.74, 6) is 0.0569. The predicted molar refractivity (Wildman–Crippen MR) is 120 cm³/mol. The fraction of sp³-hybridized carbons (Fsp3) is 0.227. The summed E-state index contributed by atoms with van der Waals surface area (Å²) in [7, 11) is 1.50. The zero-order valence-corrected chi connectivity index (χ0v) is 19.0. The molecule has 0 unspecified atom stereocenters. The summed E-state index contributed by atoms with van der Waals surface area (Å²) < 4.78 is 13.3. The van der Waals surface area contributed by atoms with Gasteiger partial charge in [-0.2, -0.15) is 5.10 Å². The van der Waals surface area contributed by atoms with Crippen molar-refractivity contribution in [3.05, 3.63) is 69.5 Å². The molecule has 3 rings (SSSR count). The third-order valence-corrected chi connectivity index (χ3v) is 5.17. The highest BCUT2D eigenvalue weighted by Gasteiger charge is 2.19. The summed E-state index contributed by atoms with van der Waals surface area (Å²) in [6.07, 6.45) is 0. The van der Waals surface area contributed by atoms with Gasteiger partial charge in [-0.15, -0.1) is 0 Å². The molecule has 162 valence electrons. The lowest BCUT2D eigenvalue weighted by atomic mass is 10.1. The molecule has 3 N–H and O–H groups in total. The van der Waals surface area contributed by atoms with Crippen LogP contribution in [0.4, 0.5) is 0 Å². The molecular weight excluding hydrogens is 464 g/mol. The molecule has 0 saturated heterocycles. The summed E-state index contributed by atoms with van der Waals surface area (Å²) in [6, 6.07) is 12.9. The zero-order chi connectivity index (χ0) is 22.5. The Bertz CT molecular complexity index is 1110. The third-order valence-electron chi connectivity index (χ3n) is 4.64. The number of hydrogen-bond donors (Lipinski definition) is 2. The number of rotatable bonds is 8. The van der Waals surface area contributed by atoms with Crippen LogP contribution >= 0.6 is 15.9 Å². The van der Waals surface area contributed by atoms with Gasteiger partial charge in [0.15, 0.2) is 18.1 Å². The van der Waals surface area contributed by atoms with Crippen molar-refractivity contribution in [3.8, 4) is 17.2 Å². The number of aryl methyl sites for hydroxylation is 1. The highest BCUT2D eigenvalue weighted by Crippen LogP contribution is 2.28. The number of hydrogen-bond acceptors (Lipinski definition) is 5. The lowest BCUT2D eigenvalue weighted by molar-refractivity contribution is -0.119. The topological polar surface area (TPSA) is 108 Å². The molecule has 0 aliphatic carbocycles. The number of carbonyl (C=O) groups excluding carboxylic acids is 2. The Hall–Kier alpha value is -3.33. The van der Waals surface area contributed by atoms with Crippen LogP contribution in [0.1, 0.15) is 27.3 Å². The monoisotopic (exact) mass is 486 g/mol. The largest absolute Gasteiger partial charge is 0.493 e. The predicted octanol–water partition coefficient (Wildman–Crippen LogP) is 3.05. The van der Waals surface area contributed by atoms with Gasteiger partial charge in [0.2, 0.25) is 0 Å². The Morgan fingerprint density at radius 3 is 2.48 bits per heavy atom. The van der Waals surface area contributed by atoms with Gasteiger partial charge in [-0.25, -0.2) is 4.68 Å². The van der Waals surface area contributed by atoms with E-state index in [1.807, 2.05) is 38.1 Å². The Morgan fingerprint density at radius 1 is 1.13 bits per heavy atom. The van der Waals surface area contributed by atoms with Crippen molar-refractivity contribution >= 4 is 27.7 Å². The van der Waals surface area contributed by atoms with E-state index in [-0.39, 0.29) is 19.1 Å². The molecule has 31 heavy (non-hydrogen) atoms. The van der Waals surface area contributed by atoms with Crippen LogP contribution in [0.15, 0.2) is 46.9 Å². The Morgan fingerprint density at radius 2 is 1.84 bits per heavy atom. The average molecular weight is 487 g/mol. The second-order valence-corrected chi connectivity index (χ2v) is 7.77. The molecule has 0 saturated carbocycles. The first-order valence-electron chi connectivity index (χ1n) is 9.48. The summed E-state index contributed by atoms with van der Waals surface area (Å²) in [5, 5.41) is 7.45. The van der Waals surface area contributed by atoms with Gasteiger partial charge in [0.1, 0.15) is 0 Å². The van der Waals surface area contributed by atoms with Gasteiger partial charge >= 0.3 is 0 Å². The maximum Gasteiger partial charge on any atom is 0.255 e. The zero-order valence-electron chi connectivity index (χ0n) is 17.4. The minimum atomic E-state index is -0.576. The number of methoxy groups -OCH3 is 1. The highest BCUT2D eigenvalue weighted by molar-refractivity contribution is 9.10. The van der Waals surface area contributed by atoms with Gasteiger partial charge in [0.05, 0.1) is 29.7 Å². The van der Waals surface area contributed by atoms with Gasteiger partial charge in [0.25, 0.3) is 11.8 Å². The van der Waals surface area contributed by atoms with E-state index in [4.69, 9.17) is 15.2 Å². The molecule has 0 atom stereocenters. The number of halogens is 1. The van der Waals surface area contributed by atoms with E-state index >= 15 is 0 Å². The highest BCUT2D eigenvalue weighted by atomic mass is 79.9. The molecule has 8 nitrogen and oxygen atoms in total. The number of nitrogens with two attached hydrogens (primary N) is 1. The van der Waals surface area contributed by atoms with Crippen LogP contribution in [0, 0.1) is 13.8 Å². The number of nitrogens with one attached hydrogen (secondary N) is 1. The molecular formula is C22H23BrN4O4. The summed E-state index contributed by atoms with van der Waals surface area (Å²) in [6.45, 7) is 3.72. The first kappa shape index (κ1) is 22.4. The minimum absolute atomic E-state index is 0.216. The van der Waals surface area contributed by atoms with Crippen LogP contribution < -0.4 is 20.5 Å². The van der Waals surface area contributed by atoms with Crippen LogP contribution in [-0.2, 0) is 11.3 Å². The molecule has 9 heteroatoms. The summed E-state index contributed by atoms with van der Waals surface area (Å²) in [4.78, 5) is 23.8. The number of carbonyl (C=O) groups is 2. The van der Waals surface area contributed by atoms with E-state index in [1.165, 1.54) is 7.11 Å². The van der Waals surface area contributed by atoms with Gasteiger partial charge in [-0.1, -0.05) is 22.0 Å². The number of primary amides is 1. The van der Waals surface area contributed by atoms with Crippen molar-refractivity contribution in [2.75, 3.05) is 13.7 Å². The van der Waals surface area contributed by atoms with Crippen LogP contribution in [0.3, 0.4) is 0 Å². The van der Waals surface area contributed by atoms with E-state index in [9.17, 15) is 9.59 Å². The van der Waals surface area contributed by atoms with Crippen molar-refractivity contribution < 1.29 is 19.1 Å². The Labute approximate surface area is 188 Å². The van der Waals surface area contributed by atoms with E-state index in [1.54, 1.807) is 22.9 Å². The lowest BCUT2D eigenvalue weighted by Gasteiger charge is -2.12. The fourth-order valence-electron chi connectivity index (χ4n) is 3.17. The number of amides is 2. The van der Waals surface area contributed by atoms with Crippen molar-refractivity contribution in [2.45, 2.75) is 20.4 Å². The first-order valence-corrected chi connectivity index (χ1v) is 10.3. The van der Waals surface area contributed by atoms with Crippen molar-refractivity contribution in [1.29, 1.82) is 0 Å². The maximum atomic E-state index is 12.9. The van der Waals surface area contributed by atoms with E-state index in [0.29, 0.717) is 22.8 Å². The van der Waals surface area contributed by atoms with Gasteiger partial charge in [-0.3, -0.25) is 9.59 Å². The van der Waals surface area contributed by atoms with Gasteiger partial charge in [0, 0.05) is 11.0 Å². The number of aromatic nitrogens is 2. The SMILES string of the molecule is COc1cc(CNC(=O)c2c(C)nn(-c3ccc(Br)cc3)c2C)ccc1OCC(N)=O. The normalized spacial score (nSPS) is 10.6. The average Bonchev–Trinajstić information content (AvgIpc) is 3.05. The lowest BCUT2D eigenvalue weighted by Crippen LogP contribution is -2.24. The fourth-order valence-corrected chi connectivity index (χ4v) is 3.43. The van der Waals surface area contributed by atoms with Crippen molar-refractivity contribution in [2.24, 2.45) is 5.73 Å². The maximum absolute atomic E-state index is 12.9. The number of benzene rings is 2. The van der Waals surface area contributed by atoms with Crippen LogP contribution in [0.5, 0.6) is 11.5 Å². The van der Waals surface area contributed by atoms with Gasteiger partial charge in [-0.05, 0) is 55.8 Å². The number of ether oxygens (including phenoxy) is 2. The summed E-state index contributed by atoms with van der Waals surface area (Å²) >= 11 is 3.42. The Kier molecular flexibility index (Phi) is 6.96. The molecule has 0 aliphatic heterocycles. The van der Waals surface area contributed by atoms with E-state index in [2.05, 4.69) is 26.3 Å². The van der Waals surface area contributed by atoms with Crippen LogP contribution in [0.2, 0.25) is 0 Å². The van der Waals surface area contributed by atoms with Gasteiger partial charge < -0.3 is 20.5 Å².